The number of amides is 3. The molecule has 0 atom stereocenters. The number of carbonyl (C=O) groups excluding carboxylic acids is 2. The zero-order valence-corrected chi connectivity index (χ0v) is 22.6. The van der Waals surface area contributed by atoms with Gasteiger partial charge >= 0.3 is 6.03 Å². The van der Waals surface area contributed by atoms with E-state index in [0.717, 1.165) is 56.9 Å². The molecule has 0 bridgehead atoms. The normalized spacial score (nSPS) is 14.2. The summed E-state index contributed by atoms with van der Waals surface area (Å²) in [6.45, 7) is 16.0. The van der Waals surface area contributed by atoms with E-state index in [0.29, 0.717) is 29.6 Å². The van der Waals surface area contributed by atoms with Gasteiger partial charge < -0.3 is 25.8 Å². The average molecular weight is 494 g/mol. The minimum absolute atomic E-state index is 0.107. The Balaban J connectivity index is 1.72. The van der Waals surface area contributed by atoms with Crippen molar-refractivity contribution in [3.05, 3.63) is 53.6 Å². The van der Waals surface area contributed by atoms with Gasteiger partial charge in [-0.1, -0.05) is 46.8 Å². The maximum Gasteiger partial charge on any atom is 0.323 e. The maximum atomic E-state index is 13.3. The van der Waals surface area contributed by atoms with Crippen LogP contribution in [0.25, 0.3) is 0 Å². The molecule has 1 aliphatic rings. The largest absolute Gasteiger partial charge is 0.371 e. The minimum Gasteiger partial charge on any atom is -0.371 e. The topological polar surface area (TPSA) is 76.7 Å². The highest BCUT2D eigenvalue weighted by atomic mass is 16.2. The average Bonchev–Trinajstić information content (AvgIpc) is 2.87. The van der Waals surface area contributed by atoms with Crippen molar-refractivity contribution in [2.45, 2.75) is 53.4 Å². The highest BCUT2D eigenvalue weighted by molar-refractivity contribution is 6.04. The third kappa shape index (κ3) is 7.72. The molecule has 196 valence electrons. The Hall–Kier alpha value is -3.06. The molecule has 1 fully saturated rings. The summed E-state index contributed by atoms with van der Waals surface area (Å²) in [5.74, 6) is 1.03. The van der Waals surface area contributed by atoms with Gasteiger partial charge in [-0.15, -0.1) is 0 Å². The fourth-order valence-electron chi connectivity index (χ4n) is 4.53. The molecular formula is C29H43N5O2. The Morgan fingerprint density at radius 3 is 2.19 bits per heavy atom. The second-order valence-corrected chi connectivity index (χ2v) is 10.0. The fourth-order valence-corrected chi connectivity index (χ4v) is 4.53. The highest BCUT2D eigenvalue weighted by Crippen LogP contribution is 2.29. The molecule has 0 radical (unpaired) electrons. The Morgan fingerprint density at radius 2 is 1.58 bits per heavy atom. The van der Waals surface area contributed by atoms with Gasteiger partial charge in [-0.05, 0) is 73.7 Å². The van der Waals surface area contributed by atoms with Crippen LogP contribution < -0.4 is 20.9 Å². The molecule has 1 saturated heterocycles. The standard InChI is InChI=1S/C29H43N5O2/c1-6-33(7-2)19-16-30-28(35)26-20-25(12-13-27(26)34-17-14-22(5)15-18-34)32-29(36)31-24-10-8-23(9-11-24)21(3)4/h8-13,20-22H,6-7,14-19H2,1-5H3,(H,30,35)(H2,31,32,36). The lowest BCUT2D eigenvalue weighted by Gasteiger charge is -2.33. The van der Waals surface area contributed by atoms with Gasteiger partial charge in [-0.3, -0.25) is 4.79 Å². The third-order valence-electron chi connectivity index (χ3n) is 7.07. The molecule has 36 heavy (non-hydrogen) atoms. The van der Waals surface area contributed by atoms with Crippen molar-refractivity contribution in [2.75, 3.05) is 54.8 Å². The molecule has 0 saturated carbocycles. The third-order valence-corrected chi connectivity index (χ3v) is 7.07. The molecule has 3 amide bonds. The van der Waals surface area contributed by atoms with Gasteiger partial charge in [0, 0.05) is 43.2 Å². The van der Waals surface area contributed by atoms with E-state index in [1.54, 1.807) is 6.07 Å². The summed E-state index contributed by atoms with van der Waals surface area (Å²) in [7, 11) is 0. The molecule has 0 aliphatic carbocycles. The van der Waals surface area contributed by atoms with Crippen LogP contribution in [0.2, 0.25) is 0 Å². The van der Waals surface area contributed by atoms with Crippen molar-refractivity contribution in [1.82, 2.24) is 10.2 Å². The van der Waals surface area contributed by atoms with Crippen LogP contribution in [-0.2, 0) is 0 Å². The van der Waals surface area contributed by atoms with Gasteiger partial charge in [0.25, 0.3) is 5.91 Å². The number of anilines is 3. The Bertz CT molecular complexity index is 993. The first-order valence-corrected chi connectivity index (χ1v) is 13.4. The van der Waals surface area contributed by atoms with Crippen molar-refractivity contribution >= 4 is 29.0 Å². The summed E-state index contributed by atoms with van der Waals surface area (Å²) in [6.07, 6.45) is 2.22. The number of carbonyl (C=O) groups is 2. The van der Waals surface area contributed by atoms with E-state index >= 15 is 0 Å². The Morgan fingerprint density at radius 1 is 0.972 bits per heavy atom. The van der Waals surface area contributed by atoms with Crippen LogP contribution in [0.4, 0.5) is 21.9 Å². The summed E-state index contributed by atoms with van der Waals surface area (Å²) in [5, 5.41) is 8.86. The zero-order chi connectivity index (χ0) is 26.1. The molecule has 3 rings (SSSR count). The number of rotatable bonds is 10. The molecule has 0 aromatic heterocycles. The smallest absolute Gasteiger partial charge is 0.323 e. The van der Waals surface area contributed by atoms with E-state index < -0.39 is 0 Å². The summed E-state index contributed by atoms with van der Waals surface area (Å²) in [4.78, 5) is 30.5. The minimum atomic E-state index is -0.334. The molecular weight excluding hydrogens is 450 g/mol. The summed E-state index contributed by atoms with van der Waals surface area (Å²) in [5.41, 5.74) is 4.07. The number of urea groups is 1. The Labute approximate surface area is 216 Å². The lowest BCUT2D eigenvalue weighted by Crippen LogP contribution is -2.37. The van der Waals surface area contributed by atoms with Gasteiger partial charge in [-0.25, -0.2) is 4.79 Å². The van der Waals surface area contributed by atoms with Crippen molar-refractivity contribution in [2.24, 2.45) is 5.92 Å². The van der Waals surface area contributed by atoms with E-state index in [2.05, 4.69) is 60.4 Å². The summed E-state index contributed by atoms with van der Waals surface area (Å²) in [6, 6.07) is 13.2. The number of hydrogen-bond donors (Lipinski definition) is 3. The fraction of sp³-hybridized carbons (Fsp3) is 0.517. The van der Waals surface area contributed by atoms with Crippen LogP contribution in [0.1, 0.15) is 69.3 Å². The van der Waals surface area contributed by atoms with Crippen LogP contribution in [0.5, 0.6) is 0 Å². The van der Waals surface area contributed by atoms with E-state index in [9.17, 15) is 9.59 Å². The molecule has 7 nitrogen and oxygen atoms in total. The molecule has 2 aromatic carbocycles. The monoisotopic (exact) mass is 493 g/mol. The quantitative estimate of drug-likeness (QED) is 0.393. The lowest BCUT2D eigenvalue weighted by molar-refractivity contribution is 0.0949. The predicted molar refractivity (Wildman–Crippen MR) is 150 cm³/mol. The first-order chi connectivity index (χ1) is 17.3. The van der Waals surface area contributed by atoms with Crippen molar-refractivity contribution in [1.29, 1.82) is 0 Å². The van der Waals surface area contributed by atoms with Gasteiger partial charge in [0.1, 0.15) is 0 Å². The van der Waals surface area contributed by atoms with Gasteiger partial charge in [0.15, 0.2) is 0 Å². The van der Waals surface area contributed by atoms with Crippen LogP contribution in [0.3, 0.4) is 0 Å². The summed E-state index contributed by atoms with van der Waals surface area (Å²) >= 11 is 0. The molecule has 0 unspecified atom stereocenters. The number of piperidine rings is 1. The number of benzene rings is 2. The predicted octanol–water partition coefficient (Wildman–Crippen LogP) is 5.76. The van der Waals surface area contributed by atoms with E-state index in [4.69, 9.17) is 0 Å². The maximum absolute atomic E-state index is 13.3. The van der Waals surface area contributed by atoms with Crippen LogP contribution in [0.15, 0.2) is 42.5 Å². The van der Waals surface area contributed by atoms with E-state index in [1.165, 1.54) is 5.56 Å². The van der Waals surface area contributed by atoms with Crippen molar-refractivity contribution < 1.29 is 9.59 Å². The van der Waals surface area contributed by atoms with Gasteiger partial charge in [-0.2, -0.15) is 0 Å². The van der Waals surface area contributed by atoms with E-state index in [-0.39, 0.29) is 11.9 Å². The zero-order valence-electron chi connectivity index (χ0n) is 22.6. The van der Waals surface area contributed by atoms with Crippen LogP contribution in [-0.4, -0.2) is 56.1 Å². The molecule has 3 N–H and O–H groups in total. The molecule has 0 spiro atoms. The number of nitrogens with zero attached hydrogens (tertiary/aromatic N) is 2. The molecule has 2 aromatic rings. The SMILES string of the molecule is CCN(CC)CCNC(=O)c1cc(NC(=O)Nc2ccc(C(C)C)cc2)ccc1N1CCC(C)CC1. The van der Waals surface area contributed by atoms with Gasteiger partial charge in [0.2, 0.25) is 0 Å². The number of hydrogen-bond acceptors (Lipinski definition) is 4. The molecule has 1 heterocycles. The number of likely N-dealkylation sites (N-methyl/N-ethyl adjacent to an activating group) is 1. The first kappa shape index (κ1) is 27.5. The lowest BCUT2D eigenvalue weighted by atomic mass is 9.98. The second-order valence-electron chi connectivity index (χ2n) is 10.0. The van der Waals surface area contributed by atoms with Gasteiger partial charge in [0.05, 0.1) is 5.56 Å². The van der Waals surface area contributed by atoms with E-state index in [1.807, 2.05) is 36.4 Å². The van der Waals surface area contributed by atoms with Crippen LogP contribution in [0, 0.1) is 5.92 Å². The first-order valence-electron chi connectivity index (χ1n) is 13.4. The second kappa shape index (κ2) is 13.3. The van der Waals surface area contributed by atoms with Crippen molar-refractivity contribution in [3.63, 3.8) is 0 Å². The molecule has 7 heteroatoms. The molecule has 1 aliphatic heterocycles. The Kier molecular flexibility index (Phi) is 10.2. The summed E-state index contributed by atoms with van der Waals surface area (Å²) < 4.78 is 0. The number of nitrogens with one attached hydrogen (secondary N) is 3. The van der Waals surface area contributed by atoms with Crippen molar-refractivity contribution in [3.8, 4) is 0 Å². The highest BCUT2D eigenvalue weighted by Gasteiger charge is 2.22. The van der Waals surface area contributed by atoms with Crippen LogP contribution >= 0.6 is 0 Å².